The molecule has 0 atom stereocenters. The Bertz CT molecular complexity index is 660. The molecule has 1 aliphatic heterocycles. The summed E-state index contributed by atoms with van der Waals surface area (Å²) in [6.07, 6.45) is 1.17. The molecule has 1 fully saturated rings. The summed E-state index contributed by atoms with van der Waals surface area (Å²) >= 11 is 0. The second kappa shape index (κ2) is 6.38. The Balaban J connectivity index is 2.12. The summed E-state index contributed by atoms with van der Waals surface area (Å²) in [7, 11) is 0.0110. The molecule has 0 aromatic heterocycles. The highest BCUT2D eigenvalue weighted by Gasteiger charge is 2.32. The van der Waals surface area contributed by atoms with Crippen LogP contribution in [0.3, 0.4) is 0 Å². The number of hydrogen-bond donors (Lipinski definition) is 0. The van der Waals surface area contributed by atoms with Gasteiger partial charge in [-0.3, -0.25) is 4.79 Å². The predicted octanol–water partition coefficient (Wildman–Crippen LogP) is 1.79. The van der Waals surface area contributed by atoms with Crippen molar-refractivity contribution in [2.24, 2.45) is 5.92 Å². The highest BCUT2D eigenvalue weighted by atomic mass is 32.2. The zero-order chi connectivity index (χ0) is 16.5. The lowest BCUT2D eigenvalue weighted by molar-refractivity contribution is -0.134. The van der Waals surface area contributed by atoms with Gasteiger partial charge in [0, 0.05) is 33.1 Å². The van der Waals surface area contributed by atoms with E-state index in [4.69, 9.17) is 0 Å². The second-order valence-corrected chi connectivity index (χ2v) is 8.10. The molecule has 22 heavy (non-hydrogen) atoms. The van der Waals surface area contributed by atoms with E-state index >= 15 is 0 Å². The number of aryl methyl sites for hydroxylation is 2. The number of carbonyl (C=O) groups is 1. The predicted molar refractivity (Wildman–Crippen MR) is 86.1 cm³/mol. The normalized spacial score (nSPS) is 17.5. The molecular formula is C16H24N2O3S. The molecule has 2 rings (SSSR count). The van der Waals surface area contributed by atoms with Gasteiger partial charge in [-0.25, -0.2) is 8.42 Å². The summed E-state index contributed by atoms with van der Waals surface area (Å²) < 4.78 is 26.9. The molecule has 0 saturated carbocycles. The Hall–Kier alpha value is -1.40. The standard InChI is InChI=1S/C16H24N2O3S/c1-12-5-6-15(11-13(12)2)22(20,21)18-9-7-14(8-10-18)16(19)17(3)4/h5-6,11,14H,7-10H2,1-4H3. The number of amides is 1. The SMILES string of the molecule is Cc1ccc(S(=O)(=O)N2CCC(C(=O)N(C)C)CC2)cc1C. The number of sulfonamides is 1. The van der Waals surface area contributed by atoms with Crippen LogP contribution in [0.2, 0.25) is 0 Å². The van der Waals surface area contributed by atoms with Crippen molar-refractivity contribution in [2.75, 3.05) is 27.2 Å². The maximum absolute atomic E-state index is 12.7. The molecule has 0 N–H and O–H groups in total. The van der Waals surface area contributed by atoms with Gasteiger partial charge >= 0.3 is 0 Å². The largest absolute Gasteiger partial charge is 0.349 e. The van der Waals surface area contributed by atoms with Gasteiger partial charge in [-0.05, 0) is 49.9 Å². The van der Waals surface area contributed by atoms with E-state index in [1.807, 2.05) is 19.9 Å². The Morgan fingerprint density at radius 2 is 1.73 bits per heavy atom. The molecule has 0 spiro atoms. The molecule has 0 unspecified atom stereocenters. The van der Waals surface area contributed by atoms with E-state index in [-0.39, 0.29) is 11.8 Å². The summed E-state index contributed by atoms with van der Waals surface area (Å²) in [5.74, 6) is 0.0180. The van der Waals surface area contributed by atoms with Crippen LogP contribution in [-0.4, -0.2) is 50.7 Å². The second-order valence-electron chi connectivity index (χ2n) is 6.16. The van der Waals surface area contributed by atoms with Crippen LogP contribution in [0.4, 0.5) is 0 Å². The Kier molecular flexibility index (Phi) is 4.92. The molecule has 1 saturated heterocycles. The number of hydrogen-bond acceptors (Lipinski definition) is 3. The van der Waals surface area contributed by atoms with Crippen LogP contribution in [-0.2, 0) is 14.8 Å². The molecule has 1 aliphatic rings. The van der Waals surface area contributed by atoms with Crippen LogP contribution >= 0.6 is 0 Å². The van der Waals surface area contributed by atoms with Gasteiger partial charge in [0.25, 0.3) is 0 Å². The number of rotatable bonds is 3. The Morgan fingerprint density at radius 3 is 2.23 bits per heavy atom. The van der Waals surface area contributed by atoms with E-state index in [1.165, 1.54) is 4.31 Å². The van der Waals surface area contributed by atoms with E-state index in [2.05, 4.69) is 0 Å². The third-order valence-electron chi connectivity index (χ3n) is 4.36. The van der Waals surface area contributed by atoms with Crippen molar-refractivity contribution < 1.29 is 13.2 Å². The Morgan fingerprint density at radius 1 is 1.14 bits per heavy atom. The van der Waals surface area contributed by atoms with Crippen LogP contribution in [0, 0.1) is 19.8 Å². The zero-order valence-electron chi connectivity index (χ0n) is 13.7. The molecule has 0 aliphatic carbocycles. The fraction of sp³-hybridized carbons (Fsp3) is 0.562. The molecule has 122 valence electrons. The molecule has 6 heteroatoms. The molecule has 1 aromatic carbocycles. The first-order valence-corrected chi connectivity index (χ1v) is 8.96. The van der Waals surface area contributed by atoms with Crippen LogP contribution < -0.4 is 0 Å². The average Bonchev–Trinajstić information content (AvgIpc) is 2.49. The summed E-state index contributed by atoms with van der Waals surface area (Å²) in [6.45, 7) is 4.68. The summed E-state index contributed by atoms with van der Waals surface area (Å²) in [6, 6.07) is 5.22. The number of carbonyl (C=O) groups excluding carboxylic acids is 1. The van der Waals surface area contributed by atoms with Gasteiger partial charge < -0.3 is 4.90 Å². The van der Waals surface area contributed by atoms with Crippen LogP contribution in [0.25, 0.3) is 0 Å². The smallest absolute Gasteiger partial charge is 0.243 e. The maximum Gasteiger partial charge on any atom is 0.243 e. The van der Waals surface area contributed by atoms with Crippen molar-refractivity contribution in [1.29, 1.82) is 0 Å². The lowest BCUT2D eigenvalue weighted by Gasteiger charge is -2.31. The lowest BCUT2D eigenvalue weighted by atomic mass is 9.97. The van der Waals surface area contributed by atoms with Crippen LogP contribution in [0.15, 0.2) is 23.1 Å². The number of piperidine rings is 1. The average molecular weight is 324 g/mol. The van der Waals surface area contributed by atoms with Gasteiger partial charge in [0.05, 0.1) is 4.90 Å². The maximum atomic E-state index is 12.7. The quantitative estimate of drug-likeness (QED) is 0.852. The molecule has 0 bridgehead atoms. The third-order valence-corrected chi connectivity index (χ3v) is 6.25. The molecule has 1 heterocycles. The summed E-state index contributed by atoms with van der Waals surface area (Å²) in [4.78, 5) is 13.9. The van der Waals surface area contributed by atoms with Crippen molar-refractivity contribution in [3.8, 4) is 0 Å². The fourth-order valence-corrected chi connectivity index (χ4v) is 4.29. The van der Waals surface area contributed by atoms with Crippen molar-refractivity contribution in [1.82, 2.24) is 9.21 Å². The van der Waals surface area contributed by atoms with E-state index in [1.54, 1.807) is 31.1 Å². The number of nitrogens with zero attached hydrogens (tertiary/aromatic N) is 2. The topological polar surface area (TPSA) is 57.7 Å². The molecule has 1 aromatic rings. The van der Waals surface area contributed by atoms with Crippen molar-refractivity contribution in [3.63, 3.8) is 0 Å². The highest BCUT2D eigenvalue weighted by Crippen LogP contribution is 2.25. The van der Waals surface area contributed by atoms with E-state index in [9.17, 15) is 13.2 Å². The van der Waals surface area contributed by atoms with E-state index < -0.39 is 10.0 Å². The van der Waals surface area contributed by atoms with Gasteiger partial charge in [0.15, 0.2) is 0 Å². The fourth-order valence-electron chi connectivity index (χ4n) is 2.73. The van der Waals surface area contributed by atoms with E-state index in [0.717, 1.165) is 11.1 Å². The minimum Gasteiger partial charge on any atom is -0.349 e. The third kappa shape index (κ3) is 3.33. The van der Waals surface area contributed by atoms with Crippen molar-refractivity contribution in [2.45, 2.75) is 31.6 Å². The highest BCUT2D eigenvalue weighted by molar-refractivity contribution is 7.89. The van der Waals surface area contributed by atoms with Gasteiger partial charge in [-0.2, -0.15) is 4.31 Å². The molecule has 0 radical (unpaired) electrons. The van der Waals surface area contributed by atoms with Gasteiger partial charge in [0.2, 0.25) is 15.9 Å². The van der Waals surface area contributed by atoms with Crippen LogP contribution in [0.5, 0.6) is 0 Å². The lowest BCUT2D eigenvalue weighted by Crippen LogP contribution is -2.42. The first-order chi connectivity index (χ1) is 10.2. The zero-order valence-corrected chi connectivity index (χ0v) is 14.5. The molecular weight excluding hydrogens is 300 g/mol. The molecule has 5 nitrogen and oxygen atoms in total. The number of benzene rings is 1. The monoisotopic (exact) mass is 324 g/mol. The minimum absolute atomic E-state index is 0.0683. The first-order valence-electron chi connectivity index (χ1n) is 7.52. The summed E-state index contributed by atoms with van der Waals surface area (Å²) in [5, 5.41) is 0. The first kappa shape index (κ1) is 17.0. The van der Waals surface area contributed by atoms with E-state index in [0.29, 0.717) is 30.8 Å². The van der Waals surface area contributed by atoms with Crippen LogP contribution in [0.1, 0.15) is 24.0 Å². The van der Waals surface area contributed by atoms with Gasteiger partial charge in [0.1, 0.15) is 0 Å². The van der Waals surface area contributed by atoms with Crippen molar-refractivity contribution in [3.05, 3.63) is 29.3 Å². The van der Waals surface area contributed by atoms with Gasteiger partial charge in [-0.1, -0.05) is 6.07 Å². The Labute approximate surface area is 133 Å². The molecule has 1 amide bonds. The van der Waals surface area contributed by atoms with Gasteiger partial charge in [-0.15, -0.1) is 0 Å². The summed E-state index contributed by atoms with van der Waals surface area (Å²) in [5.41, 5.74) is 2.05. The minimum atomic E-state index is -3.46. The van der Waals surface area contributed by atoms with Crippen molar-refractivity contribution >= 4 is 15.9 Å².